The number of pyridine rings is 1. The van der Waals surface area contributed by atoms with Gasteiger partial charge in [0.1, 0.15) is 23.4 Å². The molecule has 1 aromatic carbocycles. The van der Waals surface area contributed by atoms with Gasteiger partial charge in [-0.2, -0.15) is 0 Å². The molecule has 6 rings (SSSR count). The Balaban J connectivity index is 1.33. The van der Waals surface area contributed by atoms with E-state index in [-0.39, 0.29) is 31.9 Å². The van der Waals surface area contributed by atoms with Gasteiger partial charge in [-0.3, -0.25) is 19.1 Å². The monoisotopic (exact) mass is 859 g/mol. The van der Waals surface area contributed by atoms with E-state index in [1.54, 1.807) is 13.1 Å². The Hall–Kier alpha value is -4.54. The molecule has 3 N–H and O–H groups in total. The van der Waals surface area contributed by atoms with Crippen molar-refractivity contribution in [2.24, 2.45) is 23.7 Å². The summed E-state index contributed by atoms with van der Waals surface area (Å²) in [4.78, 5) is 62.7. The Labute approximate surface area is 351 Å². The van der Waals surface area contributed by atoms with Gasteiger partial charge >= 0.3 is 6.09 Å². The number of benzene rings is 1. The number of alkyl carbamates (subject to hydrolysis) is 1. The van der Waals surface area contributed by atoms with E-state index in [1.807, 2.05) is 57.2 Å². The van der Waals surface area contributed by atoms with Gasteiger partial charge in [-0.15, -0.1) is 0 Å². The van der Waals surface area contributed by atoms with Gasteiger partial charge < -0.3 is 29.7 Å². The van der Waals surface area contributed by atoms with E-state index in [0.29, 0.717) is 63.7 Å². The summed E-state index contributed by atoms with van der Waals surface area (Å²) in [5.74, 6) is -5.90. The minimum atomic E-state index is -4.05. The first-order valence-corrected chi connectivity index (χ1v) is 22.5. The van der Waals surface area contributed by atoms with Gasteiger partial charge in [-0.25, -0.2) is 27.0 Å². The van der Waals surface area contributed by atoms with E-state index in [9.17, 15) is 36.4 Å². The largest absolute Gasteiger partial charge is 0.494 e. The van der Waals surface area contributed by atoms with Gasteiger partial charge in [0.15, 0.2) is 5.60 Å². The van der Waals surface area contributed by atoms with Crippen LogP contribution in [-0.4, -0.2) is 95.8 Å². The maximum atomic E-state index is 15.0. The Kier molecular flexibility index (Phi) is 12.8. The number of allylic oxidation sites excluding steroid dienone is 1. The smallest absolute Gasteiger partial charge is 0.408 e. The molecule has 1 aromatic heterocycles. The molecule has 2 aliphatic heterocycles. The number of hydrogen-bond donors (Lipinski definition) is 3. The summed E-state index contributed by atoms with van der Waals surface area (Å²) in [7, 11) is -4.05. The van der Waals surface area contributed by atoms with Crippen LogP contribution in [0.1, 0.15) is 99.8 Å². The number of halogens is 2. The van der Waals surface area contributed by atoms with Gasteiger partial charge in [-0.1, -0.05) is 32.4 Å². The van der Waals surface area contributed by atoms with Gasteiger partial charge in [0.2, 0.25) is 27.7 Å². The molecule has 17 heteroatoms. The average molecular weight is 860 g/mol. The molecule has 0 bridgehead atoms. The van der Waals surface area contributed by atoms with Crippen molar-refractivity contribution in [1.29, 1.82) is 0 Å². The van der Waals surface area contributed by atoms with Crippen LogP contribution in [0.4, 0.5) is 13.6 Å². The molecule has 4 aliphatic rings. The summed E-state index contributed by atoms with van der Waals surface area (Å²) in [6, 6.07) is 4.90. The summed E-state index contributed by atoms with van der Waals surface area (Å²) in [5, 5.41) is 7.05. The van der Waals surface area contributed by atoms with Crippen molar-refractivity contribution in [2.75, 3.05) is 19.8 Å². The number of alkyl halides is 2. The highest BCUT2D eigenvalue weighted by Crippen LogP contribution is 2.48. The van der Waals surface area contributed by atoms with Crippen LogP contribution in [-0.2, 0) is 29.1 Å². The summed E-state index contributed by atoms with van der Waals surface area (Å²) in [6.07, 6.45) is 7.39. The van der Waals surface area contributed by atoms with E-state index in [2.05, 4.69) is 20.3 Å². The standard InChI is InChI=1S/C43H59F2N5O9S/c1-8-28-20-26(3)12-10-11-13-30-23-43(30,38(53)49-60(55,56)41(6)17-18-41)48-35(51)33-21-27(25-58-36-32-15-14-31(57-9-2)22-29(32)16-19-46-36)24-50(33)37(52)34(28)47-39(54)59-40(4,5)42(7,44)45/h11,13-16,19,22,26-28,30,33-34H,8-10,12,17-18,20-21,23-25H2,1-7H3,(H,47,54)(H,48,51)(H,49,53). The first-order chi connectivity index (χ1) is 28.1. The van der Waals surface area contributed by atoms with E-state index < -0.39 is 85.5 Å². The van der Waals surface area contributed by atoms with Crippen molar-refractivity contribution >= 4 is 44.6 Å². The van der Waals surface area contributed by atoms with Crippen LogP contribution < -0.4 is 24.8 Å². The molecule has 60 heavy (non-hydrogen) atoms. The Morgan fingerprint density at radius 3 is 2.48 bits per heavy atom. The number of ether oxygens (including phenoxy) is 3. The van der Waals surface area contributed by atoms with Gasteiger partial charge in [0, 0.05) is 36.9 Å². The molecule has 7 unspecified atom stereocenters. The zero-order valence-electron chi connectivity index (χ0n) is 35.5. The number of carbonyl (C=O) groups is 4. The molecule has 14 nitrogen and oxygen atoms in total. The second-order valence-electron chi connectivity index (χ2n) is 17.9. The number of aromatic nitrogens is 1. The van der Waals surface area contributed by atoms with Crippen molar-refractivity contribution in [3.05, 3.63) is 42.6 Å². The molecular weight excluding hydrogens is 801 g/mol. The first-order valence-electron chi connectivity index (χ1n) is 21.0. The van der Waals surface area contributed by atoms with Crippen LogP contribution in [0.15, 0.2) is 42.6 Å². The second kappa shape index (κ2) is 17.1. The SMILES string of the molecule is CCOc1ccc2c(OCC3CC4C(=O)NC5(C(=O)NS(=O)(=O)C6(C)CC6)CC5C=CCCC(C)CC(CC)C(NC(=O)OC(C)(C)C(C)(F)F)C(=O)N4C3)nccc2c1. The number of carbonyl (C=O) groups excluding carboxylic acids is 4. The fraction of sp³-hybridized carbons (Fsp3) is 0.651. The predicted molar refractivity (Wildman–Crippen MR) is 220 cm³/mol. The number of sulfonamides is 1. The number of nitrogens with zero attached hydrogens (tertiary/aromatic N) is 2. The number of rotatable bonds is 12. The maximum Gasteiger partial charge on any atom is 0.408 e. The number of amides is 4. The average Bonchev–Trinajstić information content (AvgIpc) is 4.05. The number of hydrogen-bond acceptors (Lipinski definition) is 10. The Morgan fingerprint density at radius 2 is 1.82 bits per heavy atom. The highest BCUT2D eigenvalue weighted by Gasteiger charge is 2.63. The fourth-order valence-corrected chi connectivity index (χ4v) is 9.46. The molecule has 1 saturated heterocycles. The van der Waals surface area contributed by atoms with Gasteiger partial charge in [-0.05, 0) is 114 Å². The molecule has 7 atom stereocenters. The van der Waals surface area contributed by atoms with Crippen LogP contribution in [0.2, 0.25) is 0 Å². The summed E-state index contributed by atoms with van der Waals surface area (Å²) in [6.45, 7) is 10.7. The highest BCUT2D eigenvalue weighted by atomic mass is 32.2. The molecule has 3 heterocycles. The molecule has 0 radical (unpaired) electrons. The van der Waals surface area contributed by atoms with Crippen LogP contribution in [0.3, 0.4) is 0 Å². The van der Waals surface area contributed by atoms with Crippen molar-refractivity contribution in [1.82, 2.24) is 25.2 Å². The minimum Gasteiger partial charge on any atom is -0.494 e. The third-order valence-corrected chi connectivity index (χ3v) is 15.0. The van der Waals surface area contributed by atoms with E-state index in [0.717, 1.165) is 24.6 Å². The van der Waals surface area contributed by atoms with Crippen molar-refractivity contribution in [2.45, 2.75) is 134 Å². The lowest BCUT2D eigenvalue weighted by Gasteiger charge is -2.35. The lowest BCUT2D eigenvalue weighted by Crippen LogP contribution is -2.60. The Bertz CT molecular complexity index is 2110. The summed E-state index contributed by atoms with van der Waals surface area (Å²) >= 11 is 0. The van der Waals surface area contributed by atoms with E-state index in [4.69, 9.17) is 14.2 Å². The van der Waals surface area contributed by atoms with Crippen LogP contribution >= 0.6 is 0 Å². The van der Waals surface area contributed by atoms with E-state index in [1.165, 1.54) is 4.90 Å². The molecule has 2 saturated carbocycles. The molecule has 0 spiro atoms. The molecule has 3 fully saturated rings. The quantitative estimate of drug-likeness (QED) is 0.213. The third kappa shape index (κ3) is 9.50. The zero-order valence-corrected chi connectivity index (χ0v) is 36.3. The van der Waals surface area contributed by atoms with Crippen molar-refractivity contribution in [3.8, 4) is 11.6 Å². The van der Waals surface area contributed by atoms with Gasteiger partial charge in [0.25, 0.3) is 11.8 Å². The lowest BCUT2D eigenvalue weighted by molar-refractivity contribution is -0.152. The van der Waals surface area contributed by atoms with Crippen LogP contribution in [0, 0.1) is 23.7 Å². The van der Waals surface area contributed by atoms with Crippen LogP contribution in [0.25, 0.3) is 10.8 Å². The third-order valence-electron chi connectivity index (χ3n) is 12.9. The van der Waals surface area contributed by atoms with E-state index >= 15 is 0 Å². The Morgan fingerprint density at radius 1 is 1.08 bits per heavy atom. The van der Waals surface area contributed by atoms with Crippen molar-refractivity contribution in [3.63, 3.8) is 0 Å². The highest BCUT2D eigenvalue weighted by molar-refractivity contribution is 7.91. The summed E-state index contributed by atoms with van der Waals surface area (Å²) in [5.41, 5.74) is -3.79. The molecule has 330 valence electrons. The number of fused-ring (bicyclic) bond motifs is 3. The molecule has 4 amide bonds. The second-order valence-corrected chi connectivity index (χ2v) is 20.1. The lowest BCUT2D eigenvalue weighted by atomic mass is 9.85. The normalized spacial score (nSPS) is 28.3. The van der Waals surface area contributed by atoms with Gasteiger partial charge in [0.05, 0.1) is 18.0 Å². The predicted octanol–water partition coefficient (Wildman–Crippen LogP) is 6.03. The number of nitrogens with one attached hydrogen (secondary N) is 3. The fourth-order valence-electron chi connectivity index (χ4n) is 8.15. The molecule has 2 aliphatic carbocycles. The molecular formula is C43H59F2N5O9S. The zero-order chi connectivity index (χ0) is 43.8. The van der Waals surface area contributed by atoms with Crippen molar-refractivity contribution < 1.29 is 50.6 Å². The van der Waals surface area contributed by atoms with Crippen LogP contribution in [0.5, 0.6) is 11.6 Å². The minimum absolute atomic E-state index is 0.00315. The first kappa shape index (κ1) is 45.0. The molecule has 2 aromatic rings. The topological polar surface area (TPSA) is 182 Å². The maximum absolute atomic E-state index is 15.0. The summed E-state index contributed by atoms with van der Waals surface area (Å²) < 4.78 is 73.7.